The van der Waals surface area contributed by atoms with E-state index in [1.165, 1.54) is 11.1 Å². The monoisotopic (exact) mass is 618 g/mol. The van der Waals surface area contributed by atoms with Crippen molar-refractivity contribution in [1.29, 1.82) is 0 Å². The first-order valence-corrected chi connectivity index (χ1v) is 14.1. The van der Waals surface area contributed by atoms with Crippen LogP contribution in [0.1, 0.15) is 60.4 Å². The Bertz CT molecular complexity index is 1350. The van der Waals surface area contributed by atoms with E-state index >= 15 is 0 Å². The molecule has 5 rings (SSSR count). The fourth-order valence-corrected chi connectivity index (χ4v) is 5.72. The van der Waals surface area contributed by atoms with E-state index in [4.69, 9.17) is 4.98 Å². The zero-order valence-corrected chi connectivity index (χ0v) is 25.9. The number of hydrogen-bond acceptors (Lipinski definition) is 3. The number of halogens is 5. The summed E-state index contributed by atoms with van der Waals surface area (Å²) in [6, 6.07) is 27.1. The van der Waals surface area contributed by atoms with Crippen molar-refractivity contribution in [3.8, 4) is 11.4 Å². The number of benzene rings is 3. The van der Waals surface area contributed by atoms with Gasteiger partial charge in [0.15, 0.2) is 0 Å². The standard InChI is InChI=1S/C33H37F3N4.2ClH/c1-4-24(2)40-25(3)30(37-32(40)28-15-17-29(18-16-28)33(34,35)36)23-38-19-21-39(22-20-38)31(26-11-7-5-8-12-26)27-13-9-6-10-14-27;;/h5-18,24,31H,4,19-23H2,1-3H3;2*1H. The SMILES string of the molecule is CCC(C)n1c(-c2ccc(C(F)(F)F)cc2)nc(CN2CCN(C(c3ccccc3)c3ccccc3)CC2)c1C.Cl.Cl. The third-order valence-corrected chi connectivity index (χ3v) is 8.13. The van der Waals surface area contributed by atoms with Gasteiger partial charge in [-0.15, -0.1) is 24.8 Å². The lowest BCUT2D eigenvalue weighted by molar-refractivity contribution is -0.137. The van der Waals surface area contributed by atoms with Crippen LogP contribution in [0.2, 0.25) is 0 Å². The third kappa shape index (κ3) is 7.38. The fraction of sp³-hybridized carbons (Fsp3) is 0.364. The highest BCUT2D eigenvalue weighted by Crippen LogP contribution is 2.34. The van der Waals surface area contributed by atoms with Gasteiger partial charge < -0.3 is 4.57 Å². The van der Waals surface area contributed by atoms with E-state index in [2.05, 4.69) is 95.8 Å². The van der Waals surface area contributed by atoms with Crippen molar-refractivity contribution in [2.45, 2.75) is 52.0 Å². The van der Waals surface area contributed by atoms with Crippen molar-refractivity contribution >= 4 is 24.8 Å². The molecule has 0 saturated carbocycles. The van der Waals surface area contributed by atoms with Crippen LogP contribution in [0.5, 0.6) is 0 Å². The summed E-state index contributed by atoms with van der Waals surface area (Å²) < 4.78 is 41.6. The Morgan fingerprint density at radius 2 is 1.31 bits per heavy atom. The normalized spacial score (nSPS) is 15.2. The van der Waals surface area contributed by atoms with Crippen LogP contribution in [0.3, 0.4) is 0 Å². The van der Waals surface area contributed by atoms with E-state index in [-0.39, 0.29) is 36.9 Å². The Morgan fingerprint density at radius 3 is 1.79 bits per heavy atom. The second-order valence-electron chi connectivity index (χ2n) is 10.7. The summed E-state index contributed by atoms with van der Waals surface area (Å²) in [6.45, 7) is 10.8. The van der Waals surface area contributed by atoms with Gasteiger partial charge in [-0.1, -0.05) is 79.7 Å². The van der Waals surface area contributed by atoms with Crippen LogP contribution in [0.4, 0.5) is 13.2 Å². The molecule has 1 atom stereocenters. The molecule has 226 valence electrons. The summed E-state index contributed by atoms with van der Waals surface area (Å²) in [6.07, 6.45) is -3.45. The number of rotatable bonds is 8. The summed E-state index contributed by atoms with van der Waals surface area (Å²) in [5, 5.41) is 0. The number of alkyl halides is 3. The fourth-order valence-electron chi connectivity index (χ4n) is 5.72. The molecule has 1 aromatic heterocycles. The maximum atomic E-state index is 13.2. The average Bonchev–Trinajstić information content (AvgIpc) is 3.30. The minimum atomic E-state index is -4.35. The highest BCUT2D eigenvalue weighted by Gasteiger charge is 2.31. The van der Waals surface area contributed by atoms with Crippen LogP contribution in [0, 0.1) is 6.92 Å². The van der Waals surface area contributed by atoms with Crippen LogP contribution in [-0.2, 0) is 12.7 Å². The zero-order valence-electron chi connectivity index (χ0n) is 24.2. The third-order valence-electron chi connectivity index (χ3n) is 8.13. The highest BCUT2D eigenvalue weighted by molar-refractivity contribution is 5.85. The quantitative estimate of drug-likeness (QED) is 0.198. The maximum absolute atomic E-state index is 13.2. The topological polar surface area (TPSA) is 24.3 Å². The number of piperazine rings is 1. The first-order valence-electron chi connectivity index (χ1n) is 14.1. The Kier molecular flexibility index (Phi) is 11.7. The van der Waals surface area contributed by atoms with Crippen LogP contribution in [-0.4, -0.2) is 45.5 Å². The van der Waals surface area contributed by atoms with Crippen molar-refractivity contribution in [1.82, 2.24) is 19.4 Å². The number of imidazole rings is 1. The van der Waals surface area contributed by atoms with Crippen molar-refractivity contribution in [3.05, 3.63) is 113 Å². The number of hydrogen-bond donors (Lipinski definition) is 0. The highest BCUT2D eigenvalue weighted by atomic mass is 35.5. The molecular formula is C33H39Cl2F3N4. The maximum Gasteiger partial charge on any atom is 0.416 e. The molecule has 42 heavy (non-hydrogen) atoms. The smallest absolute Gasteiger partial charge is 0.325 e. The first kappa shape index (κ1) is 33.7. The van der Waals surface area contributed by atoms with Gasteiger partial charge >= 0.3 is 6.18 Å². The summed E-state index contributed by atoms with van der Waals surface area (Å²) in [5.41, 5.74) is 4.74. The number of aromatic nitrogens is 2. The molecule has 0 aliphatic carbocycles. The molecule has 1 aliphatic rings. The van der Waals surface area contributed by atoms with E-state index in [9.17, 15) is 13.2 Å². The molecule has 2 heterocycles. The van der Waals surface area contributed by atoms with Gasteiger partial charge in [0.25, 0.3) is 0 Å². The van der Waals surface area contributed by atoms with Gasteiger partial charge in [0, 0.05) is 50.0 Å². The zero-order chi connectivity index (χ0) is 28.3. The minimum absolute atomic E-state index is 0. The van der Waals surface area contributed by atoms with Crippen molar-refractivity contribution in [3.63, 3.8) is 0 Å². The Hall–Kier alpha value is -2.84. The van der Waals surface area contributed by atoms with E-state index in [1.54, 1.807) is 12.1 Å². The van der Waals surface area contributed by atoms with Crippen LogP contribution < -0.4 is 0 Å². The van der Waals surface area contributed by atoms with Crippen molar-refractivity contribution in [2.75, 3.05) is 26.2 Å². The minimum Gasteiger partial charge on any atom is -0.325 e. The molecule has 0 bridgehead atoms. The van der Waals surface area contributed by atoms with Gasteiger partial charge in [0.2, 0.25) is 0 Å². The van der Waals surface area contributed by atoms with Crippen molar-refractivity contribution in [2.24, 2.45) is 0 Å². The molecule has 1 unspecified atom stereocenters. The molecule has 9 heteroatoms. The molecule has 1 fully saturated rings. The summed E-state index contributed by atoms with van der Waals surface area (Å²) in [7, 11) is 0. The van der Waals surface area contributed by atoms with Gasteiger partial charge in [-0.05, 0) is 43.5 Å². The molecule has 0 spiro atoms. The predicted octanol–water partition coefficient (Wildman–Crippen LogP) is 8.60. The first-order chi connectivity index (χ1) is 19.3. The average molecular weight is 620 g/mol. The van der Waals surface area contributed by atoms with Gasteiger partial charge in [0.1, 0.15) is 5.82 Å². The van der Waals surface area contributed by atoms with Gasteiger partial charge in [-0.3, -0.25) is 9.80 Å². The molecule has 0 amide bonds. The van der Waals surface area contributed by atoms with Crippen LogP contribution in [0.15, 0.2) is 84.9 Å². The van der Waals surface area contributed by atoms with E-state index in [0.717, 1.165) is 68.5 Å². The van der Waals surface area contributed by atoms with E-state index in [0.29, 0.717) is 5.56 Å². The largest absolute Gasteiger partial charge is 0.416 e. The second kappa shape index (κ2) is 14.6. The van der Waals surface area contributed by atoms with Crippen molar-refractivity contribution < 1.29 is 13.2 Å². The molecule has 4 nitrogen and oxygen atoms in total. The van der Waals surface area contributed by atoms with Crippen LogP contribution in [0.25, 0.3) is 11.4 Å². The Balaban J connectivity index is 0.00000242. The molecule has 1 aliphatic heterocycles. The molecular weight excluding hydrogens is 580 g/mol. The summed E-state index contributed by atoms with van der Waals surface area (Å²) in [4.78, 5) is 10.0. The molecule has 0 N–H and O–H groups in total. The van der Waals surface area contributed by atoms with Gasteiger partial charge in [-0.2, -0.15) is 13.2 Å². The van der Waals surface area contributed by atoms with E-state index in [1.807, 2.05) is 0 Å². The second-order valence-corrected chi connectivity index (χ2v) is 10.7. The molecule has 1 saturated heterocycles. The lowest BCUT2D eigenvalue weighted by Crippen LogP contribution is -2.47. The summed E-state index contributed by atoms with van der Waals surface area (Å²) in [5.74, 6) is 0.738. The number of nitrogens with zero attached hydrogens (tertiary/aromatic N) is 4. The predicted molar refractivity (Wildman–Crippen MR) is 168 cm³/mol. The lowest BCUT2D eigenvalue weighted by Gasteiger charge is -2.39. The van der Waals surface area contributed by atoms with Gasteiger partial charge in [-0.25, -0.2) is 4.98 Å². The molecule has 4 aromatic rings. The van der Waals surface area contributed by atoms with Gasteiger partial charge in [0.05, 0.1) is 17.3 Å². The summed E-state index contributed by atoms with van der Waals surface area (Å²) >= 11 is 0. The molecule has 0 radical (unpaired) electrons. The van der Waals surface area contributed by atoms with E-state index < -0.39 is 11.7 Å². The molecule has 3 aromatic carbocycles. The lowest BCUT2D eigenvalue weighted by atomic mass is 9.96. The van der Waals surface area contributed by atoms with Crippen LogP contribution >= 0.6 is 24.8 Å². The Labute approximate surface area is 259 Å². The Morgan fingerprint density at radius 1 is 0.786 bits per heavy atom.